The van der Waals surface area contributed by atoms with Gasteiger partial charge in [0.2, 0.25) is 15.9 Å². The van der Waals surface area contributed by atoms with Crippen LogP contribution in [-0.4, -0.2) is 57.8 Å². The van der Waals surface area contributed by atoms with Gasteiger partial charge in [0.25, 0.3) is 0 Å². The van der Waals surface area contributed by atoms with E-state index in [1.54, 1.807) is 0 Å². The van der Waals surface area contributed by atoms with Gasteiger partial charge in [-0.3, -0.25) is 4.79 Å². The average molecular weight is 413 g/mol. The van der Waals surface area contributed by atoms with E-state index in [2.05, 4.69) is 15.5 Å². The Hall–Kier alpha value is -1.55. The third-order valence-corrected chi connectivity index (χ3v) is 7.72. The summed E-state index contributed by atoms with van der Waals surface area (Å²) < 4.78 is 24.8. The number of nitrogens with two attached hydrogens (primary N) is 1. The molecule has 2 N–H and O–H groups in total. The van der Waals surface area contributed by atoms with Gasteiger partial charge in [0.15, 0.2) is 5.82 Å². The molecular weight excluding hydrogens is 380 g/mol. The number of aryl methyl sites for hydroxylation is 1. The quantitative estimate of drug-likeness (QED) is 0.725. The molecule has 1 heterocycles. The van der Waals surface area contributed by atoms with Crippen LogP contribution in [0.15, 0.2) is 0 Å². The Kier molecular flexibility index (Phi) is 7.03. The second-order valence-corrected chi connectivity index (χ2v) is 10.1. The van der Waals surface area contributed by atoms with Gasteiger partial charge in [0.1, 0.15) is 0 Å². The van der Waals surface area contributed by atoms with E-state index in [9.17, 15) is 13.2 Å². The maximum atomic E-state index is 12.5. The zero-order valence-corrected chi connectivity index (χ0v) is 17.5. The number of sulfonamides is 1. The second-order valence-electron chi connectivity index (χ2n) is 8.21. The highest BCUT2D eigenvalue weighted by Gasteiger charge is 2.30. The number of rotatable bonds is 7. The number of tetrazole rings is 1. The first-order valence-corrected chi connectivity index (χ1v) is 12.0. The van der Waals surface area contributed by atoms with Crippen molar-refractivity contribution in [2.75, 3.05) is 7.05 Å². The normalized spacial score (nSPS) is 24.2. The Morgan fingerprint density at radius 3 is 2.46 bits per heavy atom. The fourth-order valence-corrected chi connectivity index (χ4v) is 5.45. The summed E-state index contributed by atoms with van der Waals surface area (Å²) in [7, 11) is -1.55. The van der Waals surface area contributed by atoms with Crippen LogP contribution in [0, 0.1) is 0 Å². The van der Waals surface area contributed by atoms with Gasteiger partial charge in [-0.2, -0.15) is 0 Å². The minimum absolute atomic E-state index is 0.101. The summed E-state index contributed by atoms with van der Waals surface area (Å²) in [6.07, 6.45) is 10.2. The summed E-state index contributed by atoms with van der Waals surface area (Å²) in [6, 6.07) is 0.490. The summed E-state index contributed by atoms with van der Waals surface area (Å²) in [5.41, 5.74) is 0. The van der Waals surface area contributed by atoms with Crippen molar-refractivity contribution >= 4 is 15.9 Å². The lowest BCUT2D eigenvalue weighted by atomic mass is 9.94. The molecule has 10 heteroatoms. The summed E-state index contributed by atoms with van der Waals surface area (Å²) >= 11 is 0. The molecule has 1 aromatic heterocycles. The molecule has 0 spiro atoms. The molecule has 1 aromatic rings. The van der Waals surface area contributed by atoms with Gasteiger partial charge in [-0.15, -0.1) is 5.10 Å². The first kappa shape index (κ1) is 21.2. The fraction of sp³-hybridized carbons (Fsp3) is 0.889. The first-order chi connectivity index (χ1) is 13.4. The maximum Gasteiger partial charge on any atom is 0.222 e. The van der Waals surface area contributed by atoms with Crippen LogP contribution in [0.25, 0.3) is 0 Å². The van der Waals surface area contributed by atoms with E-state index in [0.29, 0.717) is 51.0 Å². The van der Waals surface area contributed by atoms with E-state index in [4.69, 9.17) is 5.14 Å². The molecule has 2 aliphatic rings. The molecular formula is C18H32N6O3S. The topological polar surface area (TPSA) is 124 Å². The number of carbonyl (C=O) groups excluding carboxylic acids is 1. The third kappa shape index (κ3) is 5.28. The van der Waals surface area contributed by atoms with Crippen molar-refractivity contribution in [2.24, 2.45) is 5.14 Å². The lowest BCUT2D eigenvalue weighted by Crippen LogP contribution is -2.38. The molecule has 158 valence electrons. The van der Waals surface area contributed by atoms with Crippen molar-refractivity contribution in [1.82, 2.24) is 25.1 Å². The van der Waals surface area contributed by atoms with Crippen LogP contribution >= 0.6 is 0 Å². The molecule has 0 aliphatic heterocycles. The van der Waals surface area contributed by atoms with Crippen molar-refractivity contribution in [3.8, 4) is 0 Å². The minimum atomic E-state index is -3.47. The van der Waals surface area contributed by atoms with Gasteiger partial charge < -0.3 is 4.90 Å². The van der Waals surface area contributed by atoms with Gasteiger partial charge in [0, 0.05) is 25.9 Å². The molecule has 0 saturated heterocycles. The molecule has 2 fully saturated rings. The molecule has 0 unspecified atom stereocenters. The SMILES string of the molecule is CN(C(=O)CCCc1nnnn1C1CCC(S(N)(=O)=O)CC1)C1CCCCC1. The lowest BCUT2D eigenvalue weighted by molar-refractivity contribution is -0.132. The Morgan fingerprint density at radius 2 is 1.82 bits per heavy atom. The van der Waals surface area contributed by atoms with E-state index < -0.39 is 15.3 Å². The van der Waals surface area contributed by atoms with Crippen LogP contribution in [0.4, 0.5) is 0 Å². The number of carbonyl (C=O) groups is 1. The minimum Gasteiger partial charge on any atom is -0.343 e. The molecule has 3 rings (SSSR count). The van der Waals surface area contributed by atoms with Crippen LogP contribution in [0.5, 0.6) is 0 Å². The summed E-state index contributed by atoms with van der Waals surface area (Å²) in [5, 5.41) is 16.8. The Labute approximate surface area is 167 Å². The van der Waals surface area contributed by atoms with Crippen molar-refractivity contribution in [3.05, 3.63) is 5.82 Å². The highest BCUT2D eigenvalue weighted by Crippen LogP contribution is 2.31. The van der Waals surface area contributed by atoms with Gasteiger partial charge in [-0.25, -0.2) is 18.2 Å². The number of amides is 1. The van der Waals surface area contributed by atoms with Crippen molar-refractivity contribution in [3.63, 3.8) is 0 Å². The van der Waals surface area contributed by atoms with Gasteiger partial charge in [-0.05, 0) is 55.4 Å². The summed E-state index contributed by atoms with van der Waals surface area (Å²) in [5.74, 6) is 0.965. The Morgan fingerprint density at radius 1 is 1.14 bits per heavy atom. The van der Waals surface area contributed by atoms with Gasteiger partial charge >= 0.3 is 0 Å². The molecule has 0 bridgehead atoms. The number of primary sulfonamides is 1. The third-order valence-electron chi connectivity index (χ3n) is 6.32. The van der Waals surface area contributed by atoms with Crippen molar-refractivity contribution in [1.29, 1.82) is 0 Å². The number of hydrogen-bond acceptors (Lipinski definition) is 6. The van der Waals surface area contributed by atoms with Gasteiger partial charge in [0.05, 0.1) is 11.3 Å². The predicted molar refractivity (Wildman–Crippen MR) is 105 cm³/mol. The number of hydrogen-bond donors (Lipinski definition) is 1. The molecule has 0 aromatic carbocycles. The largest absolute Gasteiger partial charge is 0.343 e. The molecule has 28 heavy (non-hydrogen) atoms. The molecule has 0 radical (unpaired) electrons. The zero-order valence-electron chi connectivity index (χ0n) is 16.7. The smallest absolute Gasteiger partial charge is 0.222 e. The van der Waals surface area contributed by atoms with E-state index in [0.717, 1.165) is 18.7 Å². The Bertz CT molecular complexity index is 751. The summed E-state index contributed by atoms with van der Waals surface area (Å²) in [6.45, 7) is 0. The van der Waals surface area contributed by atoms with Gasteiger partial charge in [-0.1, -0.05) is 19.3 Å². The van der Waals surface area contributed by atoms with E-state index >= 15 is 0 Å². The highest BCUT2D eigenvalue weighted by molar-refractivity contribution is 7.89. The average Bonchev–Trinajstić information content (AvgIpc) is 3.16. The van der Waals surface area contributed by atoms with Crippen LogP contribution in [0.1, 0.15) is 82.5 Å². The molecule has 2 aliphatic carbocycles. The molecule has 0 atom stereocenters. The van der Waals surface area contributed by atoms with Crippen LogP contribution in [0.3, 0.4) is 0 Å². The second kappa shape index (κ2) is 9.30. The predicted octanol–water partition coefficient (Wildman–Crippen LogP) is 1.56. The van der Waals surface area contributed by atoms with Crippen LogP contribution < -0.4 is 5.14 Å². The number of aromatic nitrogens is 4. The maximum absolute atomic E-state index is 12.5. The molecule has 1 amide bonds. The van der Waals surface area contributed by atoms with E-state index in [1.807, 2.05) is 16.6 Å². The number of nitrogens with zero attached hydrogens (tertiary/aromatic N) is 5. The van der Waals surface area contributed by atoms with E-state index in [1.165, 1.54) is 19.3 Å². The monoisotopic (exact) mass is 412 g/mol. The molecule has 9 nitrogen and oxygen atoms in total. The van der Waals surface area contributed by atoms with Crippen LogP contribution in [-0.2, 0) is 21.2 Å². The van der Waals surface area contributed by atoms with Crippen molar-refractivity contribution in [2.45, 2.75) is 94.4 Å². The summed E-state index contributed by atoms with van der Waals surface area (Å²) in [4.78, 5) is 14.4. The van der Waals surface area contributed by atoms with Crippen molar-refractivity contribution < 1.29 is 13.2 Å². The highest BCUT2D eigenvalue weighted by atomic mass is 32.2. The van der Waals surface area contributed by atoms with E-state index in [-0.39, 0.29) is 11.9 Å². The zero-order chi connectivity index (χ0) is 20.1. The van der Waals surface area contributed by atoms with Crippen LogP contribution in [0.2, 0.25) is 0 Å². The standard InChI is InChI=1S/C18H32N6O3S/c1-23(14-6-3-2-4-7-14)18(25)9-5-8-17-20-21-22-24(17)15-10-12-16(13-11-15)28(19,26)27/h14-16H,2-13H2,1H3,(H2,19,26,27). The first-order valence-electron chi connectivity index (χ1n) is 10.4. The fourth-order valence-electron chi connectivity index (χ4n) is 4.52. The lowest BCUT2D eigenvalue weighted by Gasteiger charge is -2.31. The Balaban J connectivity index is 1.47. The molecule has 2 saturated carbocycles.